The molecule has 0 bridgehead atoms. The number of ether oxygens (including phenoxy) is 4. The first kappa shape index (κ1) is 28.4. The van der Waals surface area contributed by atoms with E-state index in [0.717, 1.165) is 26.9 Å². The van der Waals surface area contributed by atoms with Gasteiger partial charge in [-0.25, -0.2) is 9.59 Å². The van der Waals surface area contributed by atoms with Crippen LogP contribution in [0.25, 0.3) is 0 Å². The molecule has 0 saturated heterocycles. The van der Waals surface area contributed by atoms with Crippen LogP contribution in [0.5, 0.6) is 0 Å². The fourth-order valence-electron chi connectivity index (χ4n) is 3.17. The van der Waals surface area contributed by atoms with E-state index >= 15 is 0 Å². The maximum Gasteiger partial charge on any atom is 0.408 e. The zero-order valence-electron chi connectivity index (χ0n) is 20.2. The van der Waals surface area contributed by atoms with E-state index in [0.29, 0.717) is 0 Å². The van der Waals surface area contributed by atoms with Crippen LogP contribution >= 0.6 is 0 Å². The highest BCUT2D eigenvalue weighted by atomic mass is 16.6. The third-order valence-electron chi connectivity index (χ3n) is 5.15. The van der Waals surface area contributed by atoms with Gasteiger partial charge in [0.1, 0.15) is 18.7 Å². The van der Waals surface area contributed by atoms with Gasteiger partial charge in [0.15, 0.2) is 5.92 Å². The van der Waals surface area contributed by atoms with Gasteiger partial charge in [-0.3, -0.25) is 14.4 Å². The number of alkyl carbamates (subject to hydrolysis) is 1. The summed E-state index contributed by atoms with van der Waals surface area (Å²) < 4.78 is 19.2. The first-order valence-corrected chi connectivity index (χ1v) is 10.6. The molecule has 188 valence electrons. The van der Waals surface area contributed by atoms with Crippen molar-refractivity contribution in [1.82, 2.24) is 10.6 Å². The number of hydrogen-bond donors (Lipinski definition) is 2. The second kappa shape index (κ2) is 13.8. The zero-order chi connectivity index (χ0) is 25.8. The highest BCUT2D eigenvalue weighted by molar-refractivity contribution is 5.97. The lowest BCUT2D eigenvalue weighted by Gasteiger charge is -2.29. The van der Waals surface area contributed by atoms with E-state index in [1.54, 1.807) is 38.1 Å². The van der Waals surface area contributed by atoms with Crippen molar-refractivity contribution in [2.75, 3.05) is 21.3 Å². The Morgan fingerprint density at radius 2 is 1.29 bits per heavy atom. The Morgan fingerprint density at radius 3 is 1.76 bits per heavy atom. The summed E-state index contributed by atoms with van der Waals surface area (Å²) in [4.78, 5) is 62.1. The van der Waals surface area contributed by atoms with Crippen LogP contribution < -0.4 is 10.6 Å². The summed E-state index contributed by atoms with van der Waals surface area (Å²) in [6, 6.07) is 6.48. The Bertz CT molecular complexity index is 841. The number of nitrogens with one attached hydrogen (secondary N) is 2. The van der Waals surface area contributed by atoms with E-state index in [9.17, 15) is 24.0 Å². The Labute approximate surface area is 198 Å². The smallest absolute Gasteiger partial charge is 0.408 e. The molecule has 0 aliphatic carbocycles. The molecule has 0 unspecified atom stereocenters. The lowest BCUT2D eigenvalue weighted by Crippen LogP contribution is -2.57. The molecule has 0 saturated carbocycles. The van der Waals surface area contributed by atoms with Crippen LogP contribution in [-0.4, -0.2) is 63.3 Å². The first-order valence-electron chi connectivity index (χ1n) is 10.6. The SMILES string of the molecule is COC(=O)C(C(=O)OC)[C@@H](C)[C@H](NC(=O)[C@H](NC(=O)OCc1ccccc1)C(C)C)C(=O)OC. The molecule has 0 aliphatic rings. The Kier molecular flexibility index (Phi) is 11.5. The summed E-state index contributed by atoms with van der Waals surface area (Å²) >= 11 is 0. The molecule has 11 heteroatoms. The maximum atomic E-state index is 13.0. The van der Waals surface area contributed by atoms with E-state index in [1.165, 1.54) is 6.92 Å². The molecule has 2 N–H and O–H groups in total. The summed E-state index contributed by atoms with van der Waals surface area (Å²) in [6.45, 7) is 4.77. The standard InChI is InChI=1S/C23H32N2O9/c1-13(2)17(25-23(30)34-12-15-10-8-7-9-11-15)19(26)24-18(22(29)33-6)14(3)16(20(27)31-4)21(28)32-5/h7-11,13-14,16-18H,12H2,1-6H3,(H,24,26)(H,25,30)/t14-,17-,18+/m1/s1. The zero-order valence-corrected chi connectivity index (χ0v) is 20.2. The van der Waals surface area contributed by atoms with Crippen molar-refractivity contribution < 1.29 is 42.9 Å². The molecule has 0 fully saturated rings. The van der Waals surface area contributed by atoms with Crippen LogP contribution in [0.15, 0.2) is 30.3 Å². The minimum absolute atomic E-state index is 0.000859. The molecule has 3 atom stereocenters. The quantitative estimate of drug-likeness (QED) is 0.271. The highest BCUT2D eigenvalue weighted by Crippen LogP contribution is 2.21. The fourth-order valence-corrected chi connectivity index (χ4v) is 3.17. The van der Waals surface area contributed by atoms with Crippen molar-refractivity contribution in [3.8, 4) is 0 Å². The van der Waals surface area contributed by atoms with Gasteiger partial charge in [-0.2, -0.15) is 0 Å². The number of amides is 2. The predicted octanol–water partition coefficient (Wildman–Crippen LogP) is 1.19. The number of carbonyl (C=O) groups excluding carboxylic acids is 5. The minimum Gasteiger partial charge on any atom is -0.468 e. The number of hydrogen-bond acceptors (Lipinski definition) is 9. The molecule has 11 nitrogen and oxygen atoms in total. The van der Waals surface area contributed by atoms with E-state index in [4.69, 9.17) is 9.47 Å². The van der Waals surface area contributed by atoms with Crippen molar-refractivity contribution in [3.63, 3.8) is 0 Å². The van der Waals surface area contributed by atoms with Gasteiger partial charge in [0.25, 0.3) is 0 Å². The molecule has 34 heavy (non-hydrogen) atoms. The van der Waals surface area contributed by atoms with Crippen molar-refractivity contribution in [1.29, 1.82) is 0 Å². The molecule has 0 aromatic heterocycles. The first-order chi connectivity index (χ1) is 16.1. The third kappa shape index (κ3) is 8.05. The molecule has 0 heterocycles. The number of esters is 3. The van der Waals surface area contributed by atoms with E-state index in [-0.39, 0.29) is 6.61 Å². The largest absolute Gasteiger partial charge is 0.468 e. The molecule has 1 aromatic rings. The second-order valence-corrected chi connectivity index (χ2v) is 7.82. The molecule has 0 spiro atoms. The van der Waals surface area contributed by atoms with Crippen molar-refractivity contribution >= 4 is 29.9 Å². The summed E-state index contributed by atoms with van der Waals surface area (Å²) in [5.74, 6) is -6.49. The van der Waals surface area contributed by atoms with Crippen LogP contribution in [0, 0.1) is 17.8 Å². The van der Waals surface area contributed by atoms with Gasteiger partial charge in [-0.15, -0.1) is 0 Å². The van der Waals surface area contributed by atoms with E-state index in [1.807, 2.05) is 6.07 Å². The third-order valence-corrected chi connectivity index (χ3v) is 5.15. The molecule has 1 rings (SSSR count). The summed E-state index contributed by atoms with van der Waals surface area (Å²) in [6.07, 6.45) is -0.831. The number of rotatable bonds is 11. The van der Waals surface area contributed by atoms with Crippen LogP contribution in [0.4, 0.5) is 4.79 Å². The lowest BCUT2D eigenvalue weighted by molar-refractivity contribution is -0.163. The molecule has 2 amide bonds. The minimum atomic E-state index is -1.50. The van der Waals surface area contributed by atoms with Gasteiger partial charge in [-0.05, 0) is 11.5 Å². The topological polar surface area (TPSA) is 146 Å². The van der Waals surface area contributed by atoms with Gasteiger partial charge in [0.05, 0.1) is 21.3 Å². The molecular weight excluding hydrogens is 448 g/mol. The number of carbonyl (C=O) groups is 5. The van der Waals surface area contributed by atoms with Gasteiger partial charge in [0.2, 0.25) is 5.91 Å². The Morgan fingerprint density at radius 1 is 0.765 bits per heavy atom. The monoisotopic (exact) mass is 480 g/mol. The predicted molar refractivity (Wildman–Crippen MR) is 119 cm³/mol. The molecule has 1 aromatic carbocycles. The van der Waals surface area contributed by atoms with Gasteiger partial charge >= 0.3 is 24.0 Å². The summed E-state index contributed by atoms with van der Waals surface area (Å²) in [5.41, 5.74) is 0.763. The average molecular weight is 481 g/mol. The Balaban J connectivity index is 3.00. The van der Waals surface area contributed by atoms with Gasteiger partial charge in [-0.1, -0.05) is 51.1 Å². The van der Waals surface area contributed by atoms with E-state index < -0.39 is 59.7 Å². The van der Waals surface area contributed by atoms with Gasteiger partial charge in [0, 0.05) is 5.92 Å². The second-order valence-electron chi connectivity index (χ2n) is 7.82. The lowest BCUT2D eigenvalue weighted by atomic mass is 9.86. The van der Waals surface area contributed by atoms with E-state index in [2.05, 4.69) is 20.1 Å². The van der Waals surface area contributed by atoms with Crippen LogP contribution in [0.1, 0.15) is 26.3 Å². The van der Waals surface area contributed by atoms with Crippen LogP contribution in [0.2, 0.25) is 0 Å². The summed E-state index contributed by atoms with van der Waals surface area (Å²) in [5, 5.41) is 4.94. The number of benzene rings is 1. The van der Waals surface area contributed by atoms with Crippen molar-refractivity contribution in [2.24, 2.45) is 17.8 Å². The van der Waals surface area contributed by atoms with Crippen LogP contribution in [-0.2, 0) is 44.7 Å². The molecule has 0 radical (unpaired) electrons. The maximum absolute atomic E-state index is 13.0. The van der Waals surface area contributed by atoms with Crippen molar-refractivity contribution in [3.05, 3.63) is 35.9 Å². The van der Waals surface area contributed by atoms with Gasteiger partial charge < -0.3 is 29.6 Å². The number of methoxy groups -OCH3 is 3. The Hall–Kier alpha value is -3.63. The molecular formula is C23H32N2O9. The van der Waals surface area contributed by atoms with Crippen molar-refractivity contribution in [2.45, 2.75) is 39.5 Å². The van der Waals surface area contributed by atoms with Crippen LogP contribution in [0.3, 0.4) is 0 Å². The normalized spacial score (nSPS) is 13.3. The molecule has 0 aliphatic heterocycles. The highest BCUT2D eigenvalue weighted by Gasteiger charge is 2.43. The fraction of sp³-hybridized carbons (Fsp3) is 0.522. The summed E-state index contributed by atoms with van der Waals surface area (Å²) in [7, 11) is 3.26. The average Bonchev–Trinajstić information content (AvgIpc) is 2.83.